The summed E-state index contributed by atoms with van der Waals surface area (Å²) in [5, 5.41) is 1.98. The van der Waals surface area contributed by atoms with Crippen LogP contribution >= 0.6 is 36.2 Å². The monoisotopic (exact) mass is 377 g/mol. The number of likely N-dealkylation sites (tertiary alicyclic amines) is 1. The van der Waals surface area contributed by atoms with Gasteiger partial charge < -0.3 is 15.1 Å². The molecule has 0 saturated carbocycles. The Morgan fingerprint density at radius 3 is 2.91 bits per heavy atom. The van der Waals surface area contributed by atoms with Gasteiger partial charge in [0.2, 0.25) is 11.8 Å². The van der Waals surface area contributed by atoms with Crippen molar-refractivity contribution in [2.24, 2.45) is 11.7 Å². The Kier molecular flexibility index (Phi) is 7.54. The number of rotatable bonds is 4. The molecule has 1 fully saturated rings. The van der Waals surface area contributed by atoms with Gasteiger partial charge in [0.05, 0.1) is 17.0 Å². The summed E-state index contributed by atoms with van der Waals surface area (Å²) in [4.78, 5) is 19.7. The van der Waals surface area contributed by atoms with Crippen LogP contribution in [0.25, 0.3) is 10.8 Å². The van der Waals surface area contributed by atoms with Crippen molar-refractivity contribution >= 4 is 42.1 Å². The Bertz CT molecular complexity index is 618. The molecule has 1 amide bonds. The highest BCUT2D eigenvalue weighted by atomic mass is 35.5. The van der Waals surface area contributed by atoms with Crippen LogP contribution in [0.15, 0.2) is 28.2 Å². The molecule has 2 aromatic heterocycles. The maximum absolute atomic E-state index is 12.4. The lowest BCUT2D eigenvalue weighted by atomic mass is 10.1. The van der Waals surface area contributed by atoms with E-state index in [-0.39, 0.29) is 43.2 Å². The third-order valence-electron chi connectivity index (χ3n) is 3.93. The molecule has 0 bridgehead atoms. The number of hydrogen-bond donors (Lipinski definition) is 1. The maximum atomic E-state index is 12.4. The number of amides is 1. The standard InChI is InChI=1S/C15H19N3O2S.2ClH/c1-10-5-11(7-16)8-18(10)14(19)6-12-9-20-15(17-12)13-3-2-4-21-13;;/h2-4,9-11H,5-8,16H2,1H3;2*1H. The number of oxazole rings is 1. The van der Waals surface area contributed by atoms with Gasteiger partial charge >= 0.3 is 0 Å². The largest absolute Gasteiger partial charge is 0.444 e. The Hall–Kier alpha value is -1.08. The van der Waals surface area contributed by atoms with Crippen molar-refractivity contribution in [1.82, 2.24) is 9.88 Å². The number of nitrogens with two attached hydrogens (primary N) is 1. The van der Waals surface area contributed by atoms with E-state index in [1.165, 1.54) is 0 Å². The molecule has 1 aliphatic rings. The number of halogens is 2. The van der Waals surface area contributed by atoms with Gasteiger partial charge in [-0.25, -0.2) is 4.98 Å². The summed E-state index contributed by atoms with van der Waals surface area (Å²) in [6.07, 6.45) is 2.85. The number of carbonyl (C=O) groups excluding carboxylic acids is 1. The van der Waals surface area contributed by atoms with Crippen LogP contribution in [0.5, 0.6) is 0 Å². The van der Waals surface area contributed by atoms with E-state index in [0.29, 0.717) is 24.0 Å². The number of thiophene rings is 1. The second-order valence-corrected chi connectivity index (χ2v) is 6.48. The average molecular weight is 378 g/mol. The summed E-state index contributed by atoms with van der Waals surface area (Å²) in [6.45, 7) is 3.47. The molecule has 0 aliphatic carbocycles. The molecule has 1 saturated heterocycles. The highest BCUT2D eigenvalue weighted by Crippen LogP contribution is 2.25. The predicted molar refractivity (Wildman–Crippen MR) is 96.4 cm³/mol. The van der Waals surface area contributed by atoms with Crippen LogP contribution < -0.4 is 5.73 Å². The molecule has 0 spiro atoms. The van der Waals surface area contributed by atoms with E-state index in [1.54, 1.807) is 17.6 Å². The van der Waals surface area contributed by atoms with Crippen LogP contribution in [0.4, 0.5) is 0 Å². The van der Waals surface area contributed by atoms with Crippen molar-refractivity contribution in [1.29, 1.82) is 0 Å². The molecular formula is C15H21Cl2N3O2S. The van der Waals surface area contributed by atoms with Gasteiger partial charge in [-0.05, 0) is 37.3 Å². The first-order valence-corrected chi connectivity index (χ1v) is 8.03. The lowest BCUT2D eigenvalue weighted by Crippen LogP contribution is -2.35. The first-order chi connectivity index (χ1) is 10.2. The Morgan fingerprint density at radius 1 is 1.52 bits per heavy atom. The molecule has 2 unspecified atom stereocenters. The summed E-state index contributed by atoms with van der Waals surface area (Å²) in [5.41, 5.74) is 6.39. The van der Waals surface area contributed by atoms with Crippen molar-refractivity contribution in [3.8, 4) is 10.8 Å². The van der Waals surface area contributed by atoms with Gasteiger partial charge in [0.1, 0.15) is 6.26 Å². The van der Waals surface area contributed by atoms with Crippen LogP contribution in [0.2, 0.25) is 0 Å². The zero-order valence-electron chi connectivity index (χ0n) is 12.8. The van der Waals surface area contributed by atoms with E-state index in [1.807, 2.05) is 22.4 Å². The lowest BCUT2D eigenvalue weighted by molar-refractivity contribution is -0.131. The zero-order chi connectivity index (χ0) is 14.8. The average Bonchev–Trinajstić information content (AvgIpc) is 3.17. The molecule has 128 valence electrons. The highest BCUT2D eigenvalue weighted by Gasteiger charge is 2.31. The van der Waals surface area contributed by atoms with E-state index in [9.17, 15) is 4.79 Å². The van der Waals surface area contributed by atoms with Crippen molar-refractivity contribution in [3.05, 3.63) is 29.5 Å². The predicted octanol–water partition coefficient (Wildman–Crippen LogP) is 2.98. The summed E-state index contributed by atoms with van der Waals surface area (Å²) < 4.78 is 5.45. The number of carbonyl (C=O) groups is 1. The molecule has 0 radical (unpaired) electrons. The van der Waals surface area contributed by atoms with E-state index in [0.717, 1.165) is 17.8 Å². The molecule has 0 aromatic carbocycles. The van der Waals surface area contributed by atoms with Gasteiger partial charge in [-0.2, -0.15) is 0 Å². The summed E-state index contributed by atoms with van der Waals surface area (Å²) in [6, 6.07) is 4.17. The van der Waals surface area contributed by atoms with E-state index in [4.69, 9.17) is 10.2 Å². The molecular weight excluding hydrogens is 357 g/mol. The number of nitrogens with zero attached hydrogens (tertiary/aromatic N) is 2. The third-order valence-corrected chi connectivity index (χ3v) is 4.79. The number of aromatic nitrogens is 1. The summed E-state index contributed by atoms with van der Waals surface area (Å²) >= 11 is 1.57. The molecule has 3 rings (SSSR count). The Balaban J connectivity index is 0.00000132. The molecule has 1 aliphatic heterocycles. The fraction of sp³-hybridized carbons (Fsp3) is 0.467. The minimum absolute atomic E-state index is 0. The second-order valence-electron chi connectivity index (χ2n) is 5.53. The number of hydrogen-bond acceptors (Lipinski definition) is 5. The molecule has 8 heteroatoms. The first kappa shape index (κ1) is 20.0. The fourth-order valence-corrected chi connectivity index (χ4v) is 3.47. The topological polar surface area (TPSA) is 72.4 Å². The van der Waals surface area contributed by atoms with Gasteiger partial charge in [0.15, 0.2) is 0 Å². The van der Waals surface area contributed by atoms with Gasteiger partial charge in [0.25, 0.3) is 0 Å². The van der Waals surface area contributed by atoms with Crippen LogP contribution in [0.3, 0.4) is 0 Å². The van der Waals surface area contributed by atoms with Gasteiger partial charge in [-0.1, -0.05) is 6.07 Å². The highest BCUT2D eigenvalue weighted by molar-refractivity contribution is 7.13. The van der Waals surface area contributed by atoms with Crippen molar-refractivity contribution in [3.63, 3.8) is 0 Å². The van der Waals surface area contributed by atoms with E-state index in [2.05, 4.69) is 11.9 Å². The first-order valence-electron chi connectivity index (χ1n) is 7.15. The van der Waals surface area contributed by atoms with Gasteiger partial charge in [-0.15, -0.1) is 36.2 Å². The van der Waals surface area contributed by atoms with Crippen LogP contribution in [0.1, 0.15) is 19.0 Å². The van der Waals surface area contributed by atoms with E-state index < -0.39 is 0 Å². The van der Waals surface area contributed by atoms with Crippen molar-refractivity contribution < 1.29 is 9.21 Å². The second kappa shape index (κ2) is 8.68. The SMILES string of the molecule is CC1CC(CN)CN1C(=O)Cc1coc(-c2cccs2)n1.Cl.Cl. The molecule has 23 heavy (non-hydrogen) atoms. The molecule has 2 N–H and O–H groups in total. The summed E-state index contributed by atoms with van der Waals surface area (Å²) in [7, 11) is 0. The maximum Gasteiger partial charge on any atom is 0.236 e. The molecule has 5 nitrogen and oxygen atoms in total. The van der Waals surface area contributed by atoms with Crippen molar-refractivity contribution in [2.75, 3.05) is 13.1 Å². The van der Waals surface area contributed by atoms with Gasteiger partial charge in [-0.3, -0.25) is 4.79 Å². The molecule has 3 heterocycles. The zero-order valence-corrected chi connectivity index (χ0v) is 15.3. The quantitative estimate of drug-likeness (QED) is 0.888. The van der Waals surface area contributed by atoms with E-state index >= 15 is 0 Å². The molecule has 2 atom stereocenters. The van der Waals surface area contributed by atoms with Crippen LogP contribution in [0, 0.1) is 5.92 Å². The minimum Gasteiger partial charge on any atom is -0.444 e. The molecule has 2 aromatic rings. The van der Waals surface area contributed by atoms with Gasteiger partial charge in [0, 0.05) is 12.6 Å². The fourth-order valence-electron chi connectivity index (χ4n) is 2.82. The lowest BCUT2D eigenvalue weighted by Gasteiger charge is -2.20. The van der Waals surface area contributed by atoms with Crippen LogP contribution in [-0.4, -0.2) is 34.9 Å². The normalized spacial score (nSPS) is 20.0. The smallest absolute Gasteiger partial charge is 0.236 e. The Labute approximate surface area is 152 Å². The third kappa shape index (κ3) is 4.47. The summed E-state index contributed by atoms with van der Waals surface area (Å²) in [5.74, 6) is 1.11. The Morgan fingerprint density at radius 2 is 2.30 bits per heavy atom. The minimum atomic E-state index is 0. The van der Waals surface area contributed by atoms with Crippen molar-refractivity contribution in [2.45, 2.75) is 25.8 Å². The van der Waals surface area contributed by atoms with Crippen LogP contribution in [-0.2, 0) is 11.2 Å².